The lowest BCUT2D eigenvalue weighted by Gasteiger charge is -2.18. The number of benzene rings is 3. The molecule has 3 aromatic rings. The highest BCUT2D eigenvalue weighted by atomic mass is 19.1. The van der Waals surface area contributed by atoms with E-state index in [0.29, 0.717) is 12.3 Å². The minimum atomic E-state index is -0.261. The molecule has 0 heterocycles. The summed E-state index contributed by atoms with van der Waals surface area (Å²) < 4.78 is 23.8. The van der Waals surface area contributed by atoms with Gasteiger partial charge in [0.15, 0.2) is 11.5 Å². The quantitative estimate of drug-likeness (QED) is 0.590. The third-order valence-corrected chi connectivity index (χ3v) is 4.93. The van der Waals surface area contributed by atoms with Gasteiger partial charge in [0.25, 0.3) is 0 Å². The molecule has 5 heteroatoms. The van der Waals surface area contributed by atoms with Gasteiger partial charge in [0.05, 0.1) is 14.2 Å². The number of phenolic OH excluding ortho intramolecular Hbond substituents is 1. The zero-order chi connectivity index (χ0) is 20.8. The first kappa shape index (κ1) is 20.7. The Morgan fingerprint density at radius 1 is 0.862 bits per heavy atom. The lowest BCUT2D eigenvalue weighted by Crippen LogP contribution is -2.20. The average Bonchev–Trinajstić information content (AvgIpc) is 2.74. The van der Waals surface area contributed by atoms with Gasteiger partial charge in [-0.2, -0.15) is 0 Å². The highest BCUT2D eigenvalue weighted by Gasteiger charge is 2.10. The third-order valence-electron chi connectivity index (χ3n) is 4.93. The molecule has 0 bridgehead atoms. The van der Waals surface area contributed by atoms with Crippen molar-refractivity contribution in [1.29, 1.82) is 0 Å². The van der Waals surface area contributed by atoms with E-state index >= 15 is 0 Å². The van der Waals surface area contributed by atoms with Gasteiger partial charge in [0.1, 0.15) is 11.6 Å². The van der Waals surface area contributed by atoms with Gasteiger partial charge in [-0.05, 0) is 66.6 Å². The molecule has 3 rings (SSSR count). The summed E-state index contributed by atoms with van der Waals surface area (Å²) in [4.78, 5) is 2.15. The molecule has 0 aliphatic rings. The summed E-state index contributed by atoms with van der Waals surface area (Å²) in [6.07, 6.45) is 0.843. The Kier molecular flexibility index (Phi) is 6.73. The highest BCUT2D eigenvalue weighted by Crippen LogP contribution is 2.29. The second kappa shape index (κ2) is 9.43. The molecular formula is C24H26FNO3. The van der Waals surface area contributed by atoms with Gasteiger partial charge >= 0.3 is 0 Å². The fraction of sp³-hybridized carbons (Fsp3) is 0.250. The highest BCUT2D eigenvalue weighted by molar-refractivity contribution is 5.65. The second-order valence-electron chi connectivity index (χ2n) is 7.03. The number of phenols is 1. The molecule has 0 aliphatic carbocycles. The number of halogens is 1. The molecule has 29 heavy (non-hydrogen) atoms. The maximum Gasteiger partial charge on any atom is 0.160 e. The number of aromatic hydroxyl groups is 1. The predicted octanol–water partition coefficient (Wildman–Crippen LogP) is 4.89. The van der Waals surface area contributed by atoms with E-state index in [1.54, 1.807) is 32.4 Å². The minimum Gasteiger partial charge on any atom is -0.508 e. The van der Waals surface area contributed by atoms with Gasteiger partial charge in [-0.25, -0.2) is 4.39 Å². The SMILES string of the molecule is COc1ccc(CCN(C)Cc2cc(-c3ccc(F)cc3)ccc2O)cc1OC. The van der Waals surface area contributed by atoms with Crippen LogP contribution >= 0.6 is 0 Å². The Morgan fingerprint density at radius 2 is 1.55 bits per heavy atom. The van der Waals surface area contributed by atoms with Crippen LogP contribution in [0.5, 0.6) is 17.2 Å². The minimum absolute atomic E-state index is 0.258. The summed E-state index contributed by atoms with van der Waals surface area (Å²) in [5.74, 6) is 1.43. The number of methoxy groups -OCH3 is 2. The van der Waals surface area contributed by atoms with E-state index in [2.05, 4.69) is 4.90 Å². The first-order valence-electron chi connectivity index (χ1n) is 9.47. The lowest BCUT2D eigenvalue weighted by molar-refractivity contribution is 0.323. The van der Waals surface area contributed by atoms with Crippen LogP contribution in [0.3, 0.4) is 0 Å². The first-order chi connectivity index (χ1) is 14.0. The van der Waals surface area contributed by atoms with Crippen LogP contribution < -0.4 is 9.47 Å². The molecule has 3 aromatic carbocycles. The number of hydrogen-bond donors (Lipinski definition) is 1. The van der Waals surface area contributed by atoms with Gasteiger partial charge in [0.2, 0.25) is 0 Å². The number of rotatable bonds is 8. The molecule has 0 saturated carbocycles. The van der Waals surface area contributed by atoms with E-state index < -0.39 is 0 Å². The van der Waals surface area contributed by atoms with Crippen LogP contribution in [0.15, 0.2) is 60.7 Å². The summed E-state index contributed by atoms with van der Waals surface area (Å²) in [5.41, 5.74) is 3.85. The monoisotopic (exact) mass is 395 g/mol. The predicted molar refractivity (Wildman–Crippen MR) is 113 cm³/mol. The van der Waals surface area contributed by atoms with Crippen LogP contribution in [-0.2, 0) is 13.0 Å². The van der Waals surface area contributed by atoms with Crippen LogP contribution in [0.25, 0.3) is 11.1 Å². The van der Waals surface area contributed by atoms with Crippen LogP contribution in [0.4, 0.5) is 4.39 Å². The largest absolute Gasteiger partial charge is 0.508 e. The molecule has 0 unspecified atom stereocenters. The summed E-state index contributed by atoms with van der Waals surface area (Å²) in [5, 5.41) is 10.3. The first-order valence-corrected chi connectivity index (χ1v) is 9.47. The maximum atomic E-state index is 13.2. The van der Waals surface area contributed by atoms with Gasteiger partial charge in [0, 0.05) is 18.7 Å². The van der Waals surface area contributed by atoms with E-state index in [4.69, 9.17) is 9.47 Å². The standard InChI is InChI=1S/C24H26FNO3/c1-26(13-12-17-4-11-23(28-2)24(14-17)29-3)16-20-15-19(7-10-22(20)27)18-5-8-21(25)9-6-18/h4-11,14-15,27H,12-13,16H2,1-3H3. The third kappa shape index (κ3) is 5.27. The van der Waals surface area contributed by atoms with E-state index in [1.165, 1.54) is 12.1 Å². The Hall–Kier alpha value is -3.05. The number of nitrogens with zero attached hydrogens (tertiary/aromatic N) is 1. The molecule has 0 radical (unpaired) electrons. The fourth-order valence-corrected chi connectivity index (χ4v) is 3.26. The summed E-state index contributed by atoms with van der Waals surface area (Å²) >= 11 is 0. The van der Waals surface area contributed by atoms with Crippen LogP contribution in [0, 0.1) is 5.82 Å². The molecule has 0 atom stereocenters. The van der Waals surface area contributed by atoms with Gasteiger partial charge in [-0.3, -0.25) is 0 Å². The summed E-state index contributed by atoms with van der Waals surface area (Å²) in [7, 11) is 5.27. The van der Waals surface area contributed by atoms with E-state index in [-0.39, 0.29) is 11.6 Å². The van der Waals surface area contributed by atoms with Crippen molar-refractivity contribution in [3.05, 3.63) is 77.6 Å². The van der Waals surface area contributed by atoms with Crippen LogP contribution in [0.1, 0.15) is 11.1 Å². The molecule has 0 fully saturated rings. The van der Waals surface area contributed by atoms with Crippen molar-refractivity contribution >= 4 is 0 Å². The molecule has 0 aliphatic heterocycles. The van der Waals surface area contributed by atoms with Crippen molar-refractivity contribution < 1.29 is 19.0 Å². The van der Waals surface area contributed by atoms with E-state index in [9.17, 15) is 9.50 Å². The fourth-order valence-electron chi connectivity index (χ4n) is 3.26. The molecule has 1 N–H and O–H groups in total. The summed E-state index contributed by atoms with van der Waals surface area (Å²) in [6.45, 7) is 1.42. The van der Waals surface area contributed by atoms with Crippen molar-refractivity contribution in [2.45, 2.75) is 13.0 Å². The Balaban J connectivity index is 1.66. The van der Waals surface area contributed by atoms with Crippen molar-refractivity contribution in [2.24, 2.45) is 0 Å². The molecule has 0 saturated heterocycles. The lowest BCUT2D eigenvalue weighted by atomic mass is 10.0. The van der Waals surface area contributed by atoms with Crippen molar-refractivity contribution in [3.63, 3.8) is 0 Å². The molecule has 0 amide bonds. The van der Waals surface area contributed by atoms with Crippen molar-refractivity contribution in [2.75, 3.05) is 27.8 Å². The van der Waals surface area contributed by atoms with Gasteiger partial charge in [-0.15, -0.1) is 0 Å². The Bertz CT molecular complexity index is 957. The molecular weight excluding hydrogens is 369 g/mol. The average molecular weight is 395 g/mol. The zero-order valence-electron chi connectivity index (χ0n) is 17.0. The maximum absolute atomic E-state index is 13.2. The number of ether oxygens (including phenoxy) is 2. The van der Waals surface area contributed by atoms with Gasteiger partial charge < -0.3 is 19.5 Å². The normalized spacial score (nSPS) is 10.9. The Morgan fingerprint density at radius 3 is 2.24 bits per heavy atom. The van der Waals surface area contributed by atoms with Gasteiger partial charge in [-0.1, -0.05) is 24.3 Å². The Labute approximate surface area is 171 Å². The molecule has 4 nitrogen and oxygen atoms in total. The smallest absolute Gasteiger partial charge is 0.160 e. The van der Waals surface area contributed by atoms with E-state index in [0.717, 1.165) is 41.0 Å². The van der Waals surface area contributed by atoms with Crippen LogP contribution in [-0.4, -0.2) is 37.8 Å². The number of hydrogen-bond acceptors (Lipinski definition) is 4. The number of likely N-dealkylation sites (N-methyl/N-ethyl adjacent to an activating group) is 1. The second-order valence-corrected chi connectivity index (χ2v) is 7.03. The summed E-state index contributed by atoms with van der Waals surface area (Å²) in [6, 6.07) is 17.8. The van der Waals surface area contributed by atoms with E-state index in [1.807, 2.05) is 37.4 Å². The molecule has 0 aromatic heterocycles. The van der Waals surface area contributed by atoms with Crippen molar-refractivity contribution in [3.8, 4) is 28.4 Å². The molecule has 152 valence electrons. The zero-order valence-corrected chi connectivity index (χ0v) is 17.0. The van der Waals surface area contributed by atoms with Crippen LogP contribution in [0.2, 0.25) is 0 Å². The van der Waals surface area contributed by atoms with Crippen molar-refractivity contribution in [1.82, 2.24) is 4.90 Å². The molecule has 0 spiro atoms. The topological polar surface area (TPSA) is 41.9 Å².